The van der Waals surface area contributed by atoms with E-state index in [1.165, 1.54) is 11.6 Å². The van der Waals surface area contributed by atoms with Crippen LogP contribution in [0.25, 0.3) is 5.69 Å². The molecule has 4 aromatic rings. The van der Waals surface area contributed by atoms with Gasteiger partial charge in [-0.05, 0) is 67.7 Å². The summed E-state index contributed by atoms with van der Waals surface area (Å²) in [6.07, 6.45) is 3.79. The number of hydrogen-bond donors (Lipinski definition) is 1. The summed E-state index contributed by atoms with van der Waals surface area (Å²) in [4.78, 5) is 6.43. The van der Waals surface area contributed by atoms with Crippen molar-refractivity contribution in [1.82, 2.24) is 14.9 Å². The molecule has 6 heteroatoms. The summed E-state index contributed by atoms with van der Waals surface area (Å²) in [5.74, 6) is -0.313. The molecule has 0 unspecified atom stereocenters. The van der Waals surface area contributed by atoms with Gasteiger partial charge in [-0.15, -0.1) is 0 Å². The van der Waals surface area contributed by atoms with Crippen LogP contribution in [0.2, 0.25) is 0 Å². The first-order valence-electron chi connectivity index (χ1n) is 10.1. The largest absolute Gasteiger partial charge is 0.351 e. The smallest absolute Gasteiger partial charge is 0.174 e. The van der Waals surface area contributed by atoms with Crippen LogP contribution in [0.3, 0.4) is 0 Å². The molecule has 0 amide bonds. The summed E-state index contributed by atoms with van der Waals surface area (Å²) in [6, 6.07) is 24.4. The van der Waals surface area contributed by atoms with E-state index in [1.807, 2.05) is 41.4 Å². The third-order valence-electron chi connectivity index (χ3n) is 5.61. The number of anilines is 1. The number of nitrogens with one attached hydrogen (secondary N) is 1. The first-order chi connectivity index (χ1) is 15.1. The van der Waals surface area contributed by atoms with E-state index in [0.717, 1.165) is 17.1 Å². The Labute approximate surface area is 186 Å². The topological polar surface area (TPSA) is 33.1 Å². The Bertz CT molecular complexity index is 1220. The van der Waals surface area contributed by atoms with Crippen molar-refractivity contribution in [3.63, 3.8) is 0 Å². The molecular formula is C25H21FN4S. The van der Waals surface area contributed by atoms with Crippen LogP contribution in [0.15, 0.2) is 91.3 Å². The van der Waals surface area contributed by atoms with Gasteiger partial charge >= 0.3 is 0 Å². The molecule has 0 bridgehead atoms. The Morgan fingerprint density at radius 2 is 1.71 bits per heavy atom. The maximum absolute atomic E-state index is 14.9. The zero-order valence-electron chi connectivity index (χ0n) is 16.9. The first-order valence-corrected chi connectivity index (χ1v) is 10.5. The van der Waals surface area contributed by atoms with Gasteiger partial charge in [-0.2, -0.15) is 0 Å². The van der Waals surface area contributed by atoms with Crippen LogP contribution in [0, 0.1) is 12.7 Å². The Balaban J connectivity index is 1.68. The van der Waals surface area contributed by atoms with Crippen molar-refractivity contribution in [2.45, 2.75) is 19.0 Å². The Morgan fingerprint density at radius 3 is 2.45 bits per heavy atom. The van der Waals surface area contributed by atoms with E-state index in [1.54, 1.807) is 18.3 Å². The van der Waals surface area contributed by atoms with Gasteiger partial charge in [0.2, 0.25) is 0 Å². The van der Waals surface area contributed by atoms with E-state index in [-0.39, 0.29) is 17.9 Å². The van der Waals surface area contributed by atoms with Gasteiger partial charge in [0, 0.05) is 23.8 Å². The van der Waals surface area contributed by atoms with Crippen LogP contribution in [-0.4, -0.2) is 14.7 Å². The van der Waals surface area contributed by atoms with E-state index in [4.69, 9.17) is 12.2 Å². The number of benzene rings is 2. The Kier molecular flexibility index (Phi) is 5.00. The Morgan fingerprint density at radius 1 is 0.935 bits per heavy atom. The minimum atomic E-state index is -0.313. The zero-order valence-corrected chi connectivity index (χ0v) is 17.8. The normalized spacial score (nSPS) is 18.3. The summed E-state index contributed by atoms with van der Waals surface area (Å²) in [6.45, 7) is 2.07. The van der Waals surface area contributed by atoms with Crippen LogP contribution in [-0.2, 0) is 0 Å². The maximum atomic E-state index is 14.9. The molecular weight excluding hydrogens is 407 g/mol. The van der Waals surface area contributed by atoms with E-state index in [2.05, 4.69) is 52.1 Å². The van der Waals surface area contributed by atoms with Gasteiger partial charge in [0.05, 0.1) is 17.4 Å². The summed E-state index contributed by atoms with van der Waals surface area (Å²) < 4.78 is 17.0. The molecule has 5 rings (SSSR count). The Hall–Kier alpha value is -3.51. The van der Waals surface area contributed by atoms with Crippen molar-refractivity contribution in [2.75, 3.05) is 4.90 Å². The molecule has 0 radical (unpaired) electrons. The van der Waals surface area contributed by atoms with Gasteiger partial charge in [0.15, 0.2) is 5.11 Å². The summed E-state index contributed by atoms with van der Waals surface area (Å²) in [7, 11) is 0. The fraction of sp³-hybridized carbons (Fsp3) is 0.120. The second kappa shape index (κ2) is 7.96. The summed E-state index contributed by atoms with van der Waals surface area (Å²) >= 11 is 5.70. The summed E-state index contributed by atoms with van der Waals surface area (Å²) in [5.41, 5.74) is 4.53. The molecule has 1 aliphatic heterocycles. The molecule has 1 fully saturated rings. The predicted octanol–water partition coefficient (Wildman–Crippen LogP) is 5.50. The standard InChI is InChI=1S/C25H21FN4S/c1-17-11-13-18(14-12-17)29-16-6-10-22(29)24-23(20-8-4-5-15-27-20)28-25(31)30(24)21-9-3-2-7-19(21)26/h2-16,23-24H,1H3,(H,28,31)/t23-,24-/m1/s1. The highest BCUT2D eigenvalue weighted by molar-refractivity contribution is 7.80. The van der Waals surface area contributed by atoms with E-state index < -0.39 is 0 Å². The monoisotopic (exact) mass is 428 g/mol. The van der Waals surface area contributed by atoms with Crippen LogP contribution in [0.4, 0.5) is 10.1 Å². The lowest BCUT2D eigenvalue weighted by Gasteiger charge is -2.29. The van der Waals surface area contributed by atoms with Crippen LogP contribution < -0.4 is 10.2 Å². The molecule has 2 atom stereocenters. The lowest BCUT2D eigenvalue weighted by molar-refractivity contribution is 0.542. The number of aryl methyl sites for hydroxylation is 1. The maximum Gasteiger partial charge on any atom is 0.174 e. The second-order valence-electron chi connectivity index (χ2n) is 7.59. The van der Waals surface area contributed by atoms with Gasteiger partial charge in [0.1, 0.15) is 11.9 Å². The number of para-hydroxylation sites is 1. The number of aromatic nitrogens is 2. The van der Waals surface area contributed by atoms with Gasteiger partial charge in [-0.1, -0.05) is 35.9 Å². The molecule has 4 nitrogen and oxygen atoms in total. The lowest BCUT2D eigenvalue weighted by atomic mass is 10.0. The van der Waals surface area contributed by atoms with Gasteiger partial charge in [-0.3, -0.25) is 4.98 Å². The van der Waals surface area contributed by atoms with Crippen LogP contribution in [0.5, 0.6) is 0 Å². The molecule has 0 spiro atoms. The van der Waals surface area contributed by atoms with Crippen LogP contribution in [0.1, 0.15) is 29.0 Å². The molecule has 154 valence electrons. The lowest BCUT2D eigenvalue weighted by Crippen LogP contribution is -2.31. The molecule has 0 saturated carbocycles. The van der Waals surface area contributed by atoms with Gasteiger partial charge < -0.3 is 14.8 Å². The number of thiocarbonyl (C=S) groups is 1. The minimum Gasteiger partial charge on any atom is -0.351 e. The van der Waals surface area contributed by atoms with Gasteiger partial charge in [0.25, 0.3) is 0 Å². The third-order valence-corrected chi connectivity index (χ3v) is 5.92. The third kappa shape index (κ3) is 3.49. The van der Waals surface area contributed by atoms with Gasteiger partial charge in [-0.25, -0.2) is 4.39 Å². The van der Waals surface area contributed by atoms with Crippen molar-refractivity contribution >= 4 is 23.0 Å². The molecule has 1 aliphatic rings. The molecule has 1 saturated heterocycles. The number of halogens is 1. The highest BCUT2D eigenvalue weighted by Gasteiger charge is 2.42. The molecule has 0 aliphatic carbocycles. The number of rotatable bonds is 4. The molecule has 2 aromatic carbocycles. The first kappa shape index (κ1) is 19.5. The van der Waals surface area contributed by atoms with Crippen molar-refractivity contribution in [2.24, 2.45) is 0 Å². The molecule has 31 heavy (non-hydrogen) atoms. The SMILES string of the molecule is Cc1ccc(-n2cccc2[C@@H]2[C@@H](c3ccccn3)NC(=S)N2c2ccccc2F)cc1. The van der Waals surface area contributed by atoms with E-state index in [0.29, 0.717) is 10.8 Å². The molecule has 3 heterocycles. The fourth-order valence-corrected chi connectivity index (χ4v) is 4.48. The average Bonchev–Trinajstić information content (AvgIpc) is 3.40. The summed E-state index contributed by atoms with van der Waals surface area (Å²) in [5, 5.41) is 3.86. The number of nitrogens with zero attached hydrogens (tertiary/aromatic N) is 3. The van der Waals surface area contributed by atoms with Crippen molar-refractivity contribution < 1.29 is 4.39 Å². The highest BCUT2D eigenvalue weighted by Crippen LogP contribution is 2.42. The van der Waals surface area contributed by atoms with Crippen LogP contribution >= 0.6 is 12.2 Å². The molecule has 2 aromatic heterocycles. The minimum absolute atomic E-state index is 0.229. The second-order valence-corrected chi connectivity index (χ2v) is 7.97. The van der Waals surface area contributed by atoms with Crippen molar-refractivity contribution in [1.29, 1.82) is 0 Å². The van der Waals surface area contributed by atoms with Crippen molar-refractivity contribution in [3.8, 4) is 5.69 Å². The number of pyridine rings is 1. The fourth-order valence-electron chi connectivity index (χ4n) is 4.14. The zero-order chi connectivity index (χ0) is 21.4. The van der Waals surface area contributed by atoms with E-state index >= 15 is 0 Å². The molecule has 1 N–H and O–H groups in total. The quantitative estimate of drug-likeness (QED) is 0.435. The predicted molar refractivity (Wildman–Crippen MR) is 125 cm³/mol. The number of hydrogen-bond acceptors (Lipinski definition) is 2. The van der Waals surface area contributed by atoms with E-state index in [9.17, 15) is 4.39 Å². The average molecular weight is 429 g/mol. The highest BCUT2D eigenvalue weighted by atomic mass is 32.1. The van der Waals surface area contributed by atoms with Crippen molar-refractivity contribution in [3.05, 3.63) is 114 Å².